The molecule has 7 heteroatoms. The Morgan fingerprint density at radius 1 is 0.853 bits per heavy atom. The summed E-state index contributed by atoms with van der Waals surface area (Å²) in [7, 11) is -3.92. The molecule has 1 amide bonds. The van der Waals surface area contributed by atoms with Gasteiger partial charge in [-0.1, -0.05) is 72.3 Å². The van der Waals surface area contributed by atoms with Crippen LogP contribution in [0.5, 0.6) is 5.75 Å². The Bertz CT molecular complexity index is 1370. The summed E-state index contributed by atoms with van der Waals surface area (Å²) in [5.74, 6) is 0.321. The first-order valence-corrected chi connectivity index (χ1v) is 12.4. The lowest BCUT2D eigenvalue weighted by molar-refractivity contribution is -0.119. The number of aryl methyl sites for hydroxylation is 1. The maximum absolute atomic E-state index is 13.3. The lowest BCUT2D eigenvalue weighted by Gasteiger charge is -2.24. The first-order valence-electron chi connectivity index (χ1n) is 11.0. The monoisotopic (exact) mass is 474 g/mol. The van der Waals surface area contributed by atoms with Gasteiger partial charge in [-0.05, 0) is 42.6 Å². The van der Waals surface area contributed by atoms with E-state index in [4.69, 9.17) is 4.74 Å². The van der Waals surface area contributed by atoms with E-state index in [1.807, 2.05) is 61.5 Å². The molecule has 0 heterocycles. The summed E-state index contributed by atoms with van der Waals surface area (Å²) in [6, 6.07) is 28.9. The van der Waals surface area contributed by atoms with Crippen LogP contribution in [0.15, 0.2) is 102 Å². The van der Waals surface area contributed by atoms with E-state index < -0.39 is 15.9 Å². The van der Waals surface area contributed by atoms with Crippen LogP contribution in [-0.4, -0.2) is 34.0 Å². The quantitative estimate of drug-likeness (QED) is 0.362. The Kier molecular flexibility index (Phi) is 7.13. The average molecular weight is 475 g/mol. The third kappa shape index (κ3) is 5.38. The molecule has 1 N–H and O–H groups in total. The zero-order chi connectivity index (χ0) is 24.0. The standard InChI is InChI=1S/C27H26N2O4S/c1-21-14-16-23(17-15-21)29(34(31,32)24-10-3-2-4-11-24)20-27(30)28-18-19-33-26-13-7-9-22-8-5-6-12-25(22)26/h2-17H,18-20H2,1H3,(H,28,30). The van der Waals surface area contributed by atoms with Gasteiger partial charge in [0.25, 0.3) is 10.0 Å². The summed E-state index contributed by atoms with van der Waals surface area (Å²) in [6.45, 7) is 2.09. The van der Waals surface area contributed by atoms with Crippen LogP contribution in [0, 0.1) is 6.92 Å². The molecule has 4 aromatic carbocycles. The van der Waals surface area contributed by atoms with Crippen molar-refractivity contribution in [2.75, 3.05) is 24.0 Å². The number of anilines is 1. The molecule has 34 heavy (non-hydrogen) atoms. The van der Waals surface area contributed by atoms with Gasteiger partial charge in [-0.15, -0.1) is 0 Å². The highest BCUT2D eigenvalue weighted by Crippen LogP contribution is 2.25. The molecular weight excluding hydrogens is 448 g/mol. The van der Waals surface area contributed by atoms with Crippen molar-refractivity contribution in [2.45, 2.75) is 11.8 Å². The van der Waals surface area contributed by atoms with Gasteiger partial charge in [0.05, 0.1) is 17.1 Å². The van der Waals surface area contributed by atoms with Gasteiger partial charge in [-0.2, -0.15) is 0 Å². The molecule has 4 rings (SSSR count). The third-order valence-corrected chi connectivity index (χ3v) is 7.16. The molecule has 0 fully saturated rings. The number of ether oxygens (including phenoxy) is 1. The van der Waals surface area contributed by atoms with Crippen molar-refractivity contribution >= 4 is 32.4 Å². The van der Waals surface area contributed by atoms with Gasteiger partial charge in [0.15, 0.2) is 0 Å². The van der Waals surface area contributed by atoms with Gasteiger partial charge in [-0.3, -0.25) is 9.10 Å². The largest absolute Gasteiger partial charge is 0.491 e. The molecule has 0 aliphatic rings. The van der Waals surface area contributed by atoms with Gasteiger partial charge >= 0.3 is 0 Å². The van der Waals surface area contributed by atoms with Crippen LogP contribution < -0.4 is 14.4 Å². The van der Waals surface area contributed by atoms with Crippen LogP contribution in [0.1, 0.15) is 5.56 Å². The van der Waals surface area contributed by atoms with Crippen LogP contribution in [0.2, 0.25) is 0 Å². The van der Waals surface area contributed by atoms with E-state index in [9.17, 15) is 13.2 Å². The number of carbonyl (C=O) groups excluding carboxylic acids is 1. The van der Waals surface area contributed by atoms with Crippen LogP contribution in [-0.2, 0) is 14.8 Å². The summed E-state index contributed by atoms with van der Waals surface area (Å²) in [4.78, 5) is 12.9. The van der Waals surface area contributed by atoms with Crippen molar-refractivity contribution < 1.29 is 17.9 Å². The maximum atomic E-state index is 13.3. The van der Waals surface area contributed by atoms with Crippen molar-refractivity contribution in [1.82, 2.24) is 5.32 Å². The molecule has 0 saturated carbocycles. The molecule has 0 spiro atoms. The fourth-order valence-corrected chi connectivity index (χ4v) is 5.05. The topological polar surface area (TPSA) is 75.7 Å². The van der Waals surface area contributed by atoms with E-state index in [2.05, 4.69) is 5.32 Å². The van der Waals surface area contributed by atoms with E-state index in [1.54, 1.807) is 30.3 Å². The van der Waals surface area contributed by atoms with Gasteiger partial charge in [0, 0.05) is 5.39 Å². The second kappa shape index (κ2) is 10.4. The zero-order valence-electron chi connectivity index (χ0n) is 18.8. The second-order valence-corrected chi connectivity index (χ2v) is 9.70. The van der Waals surface area contributed by atoms with E-state index in [-0.39, 0.29) is 24.6 Å². The fourth-order valence-electron chi connectivity index (χ4n) is 3.61. The van der Waals surface area contributed by atoms with Gasteiger partial charge in [0.1, 0.15) is 18.9 Å². The summed E-state index contributed by atoms with van der Waals surface area (Å²) < 4.78 is 33.6. The van der Waals surface area contributed by atoms with Crippen molar-refractivity contribution in [3.05, 3.63) is 103 Å². The number of hydrogen-bond acceptors (Lipinski definition) is 4. The Morgan fingerprint density at radius 2 is 1.53 bits per heavy atom. The fraction of sp³-hybridized carbons (Fsp3) is 0.148. The predicted octanol–water partition coefficient (Wildman–Crippen LogP) is 4.54. The molecule has 0 aromatic heterocycles. The zero-order valence-corrected chi connectivity index (χ0v) is 19.7. The number of carbonyl (C=O) groups is 1. The van der Waals surface area contributed by atoms with Gasteiger partial charge in [-0.25, -0.2) is 8.42 Å². The second-order valence-electron chi connectivity index (χ2n) is 7.84. The smallest absolute Gasteiger partial charge is 0.264 e. The van der Waals surface area contributed by atoms with Crippen LogP contribution in [0.3, 0.4) is 0 Å². The molecule has 0 atom stereocenters. The van der Waals surface area contributed by atoms with Crippen LogP contribution in [0.25, 0.3) is 10.8 Å². The number of nitrogens with zero attached hydrogens (tertiary/aromatic N) is 1. The van der Waals surface area contributed by atoms with E-state index in [1.165, 1.54) is 12.1 Å². The molecule has 174 valence electrons. The molecule has 0 bridgehead atoms. The maximum Gasteiger partial charge on any atom is 0.264 e. The first kappa shape index (κ1) is 23.3. The Hall–Kier alpha value is -3.84. The Morgan fingerprint density at radius 3 is 2.29 bits per heavy atom. The lowest BCUT2D eigenvalue weighted by atomic mass is 10.1. The van der Waals surface area contributed by atoms with Gasteiger partial charge < -0.3 is 10.1 Å². The van der Waals surface area contributed by atoms with Crippen LogP contribution >= 0.6 is 0 Å². The number of hydrogen-bond donors (Lipinski definition) is 1. The molecule has 0 aliphatic heterocycles. The van der Waals surface area contributed by atoms with E-state index in [0.29, 0.717) is 5.69 Å². The summed E-state index contributed by atoms with van der Waals surface area (Å²) in [6.07, 6.45) is 0. The van der Waals surface area contributed by atoms with Crippen molar-refractivity contribution in [3.8, 4) is 5.75 Å². The number of fused-ring (bicyclic) bond motifs is 1. The van der Waals surface area contributed by atoms with Crippen molar-refractivity contribution in [2.24, 2.45) is 0 Å². The summed E-state index contributed by atoms with van der Waals surface area (Å²) >= 11 is 0. The minimum atomic E-state index is -3.92. The molecule has 6 nitrogen and oxygen atoms in total. The lowest BCUT2D eigenvalue weighted by Crippen LogP contribution is -2.41. The summed E-state index contributed by atoms with van der Waals surface area (Å²) in [5, 5.41) is 4.84. The highest BCUT2D eigenvalue weighted by atomic mass is 32.2. The number of rotatable bonds is 9. The molecule has 0 radical (unpaired) electrons. The number of amides is 1. The Balaban J connectivity index is 1.43. The number of sulfonamides is 1. The molecular formula is C27H26N2O4S. The normalized spacial score (nSPS) is 11.2. The highest BCUT2D eigenvalue weighted by molar-refractivity contribution is 7.92. The highest BCUT2D eigenvalue weighted by Gasteiger charge is 2.26. The first-order chi connectivity index (χ1) is 16.4. The third-order valence-electron chi connectivity index (χ3n) is 5.37. The minimum Gasteiger partial charge on any atom is -0.491 e. The predicted molar refractivity (Wildman–Crippen MR) is 135 cm³/mol. The molecule has 0 aliphatic carbocycles. The minimum absolute atomic E-state index is 0.127. The summed E-state index contributed by atoms with van der Waals surface area (Å²) in [5.41, 5.74) is 1.42. The van der Waals surface area contributed by atoms with Crippen molar-refractivity contribution in [1.29, 1.82) is 0 Å². The molecule has 0 unspecified atom stereocenters. The SMILES string of the molecule is Cc1ccc(N(CC(=O)NCCOc2cccc3ccccc23)S(=O)(=O)c2ccccc2)cc1. The number of nitrogens with one attached hydrogen (secondary N) is 1. The number of benzene rings is 4. The average Bonchev–Trinajstić information content (AvgIpc) is 2.86. The van der Waals surface area contributed by atoms with Crippen molar-refractivity contribution in [3.63, 3.8) is 0 Å². The van der Waals surface area contributed by atoms with Crippen LogP contribution in [0.4, 0.5) is 5.69 Å². The Labute approximate surface area is 199 Å². The molecule has 0 saturated heterocycles. The molecule has 4 aromatic rings. The van der Waals surface area contributed by atoms with E-state index in [0.717, 1.165) is 26.4 Å². The van der Waals surface area contributed by atoms with E-state index >= 15 is 0 Å². The van der Waals surface area contributed by atoms with Gasteiger partial charge in [0.2, 0.25) is 5.91 Å².